The topological polar surface area (TPSA) is 71.8 Å². The van der Waals surface area contributed by atoms with Crippen LogP contribution in [0.1, 0.15) is 22.4 Å². The molecule has 0 spiro atoms. The zero-order chi connectivity index (χ0) is 17.7. The highest BCUT2D eigenvalue weighted by Gasteiger charge is 2.16. The molecule has 0 saturated heterocycles. The van der Waals surface area contributed by atoms with Gasteiger partial charge in [-0.15, -0.1) is 0 Å². The highest BCUT2D eigenvalue weighted by Crippen LogP contribution is 2.20. The first-order chi connectivity index (χ1) is 11.4. The third-order valence-corrected chi connectivity index (χ3v) is 3.64. The molecular weight excluding hydrogens is 304 g/mol. The number of aryl methyl sites for hydroxylation is 3. The number of carbonyl (C=O) groups is 1. The number of hydrogen-bond donors (Lipinski definition) is 1. The molecule has 1 N–H and O–H groups in total. The first kappa shape index (κ1) is 17.4. The number of methoxy groups -OCH3 is 1. The van der Waals surface area contributed by atoms with Gasteiger partial charge in [-0.3, -0.25) is 0 Å². The third kappa shape index (κ3) is 4.07. The lowest BCUT2D eigenvalue weighted by atomic mass is 10.0. The van der Waals surface area contributed by atoms with Gasteiger partial charge in [-0.2, -0.15) is 0 Å². The van der Waals surface area contributed by atoms with Crippen LogP contribution in [0.15, 0.2) is 47.0 Å². The van der Waals surface area contributed by atoms with E-state index in [0.717, 1.165) is 16.8 Å². The van der Waals surface area contributed by atoms with E-state index in [-0.39, 0.29) is 11.3 Å². The van der Waals surface area contributed by atoms with Crippen LogP contribution in [-0.2, 0) is 9.53 Å². The quantitative estimate of drug-likeness (QED) is 0.401. The zero-order valence-corrected chi connectivity index (χ0v) is 14.2. The molecule has 0 aliphatic rings. The predicted octanol–water partition coefficient (Wildman–Crippen LogP) is 3.85. The summed E-state index contributed by atoms with van der Waals surface area (Å²) in [4.78, 5) is 20.4. The van der Waals surface area contributed by atoms with Crippen LogP contribution in [0.25, 0.3) is 5.76 Å². The van der Waals surface area contributed by atoms with Crippen LogP contribution in [0.4, 0.5) is 5.82 Å². The van der Waals surface area contributed by atoms with Gasteiger partial charge in [0.25, 0.3) is 0 Å². The number of ether oxygens (including phenoxy) is 1. The summed E-state index contributed by atoms with van der Waals surface area (Å²) in [5, 5.41) is 10.5. The van der Waals surface area contributed by atoms with Crippen molar-refractivity contribution in [3.05, 3.63) is 64.4 Å². The van der Waals surface area contributed by atoms with Gasteiger partial charge in [0.1, 0.15) is 11.3 Å². The van der Waals surface area contributed by atoms with E-state index in [1.54, 1.807) is 12.1 Å². The van der Waals surface area contributed by atoms with Gasteiger partial charge < -0.3 is 9.84 Å². The van der Waals surface area contributed by atoms with Crippen molar-refractivity contribution in [3.63, 3.8) is 0 Å². The van der Waals surface area contributed by atoms with Crippen molar-refractivity contribution in [2.75, 3.05) is 7.11 Å². The van der Waals surface area contributed by atoms with E-state index in [0.29, 0.717) is 11.4 Å². The minimum Gasteiger partial charge on any atom is -0.506 e. The van der Waals surface area contributed by atoms with Crippen LogP contribution >= 0.6 is 0 Å². The van der Waals surface area contributed by atoms with E-state index in [9.17, 15) is 9.90 Å². The minimum absolute atomic E-state index is 0.0240. The Balaban J connectivity index is 2.47. The number of hydrogen-bond acceptors (Lipinski definition) is 5. The molecule has 5 nitrogen and oxygen atoms in total. The fraction of sp³-hybridized carbons (Fsp3) is 0.211. The fourth-order valence-electron chi connectivity index (χ4n) is 2.10. The van der Waals surface area contributed by atoms with E-state index >= 15 is 0 Å². The van der Waals surface area contributed by atoms with Crippen molar-refractivity contribution < 1.29 is 14.6 Å². The fourth-order valence-corrected chi connectivity index (χ4v) is 2.10. The van der Waals surface area contributed by atoms with Crippen molar-refractivity contribution in [2.24, 2.45) is 4.99 Å². The van der Waals surface area contributed by atoms with Crippen molar-refractivity contribution >= 4 is 23.8 Å². The molecule has 5 heteroatoms. The van der Waals surface area contributed by atoms with Gasteiger partial charge in [-0.1, -0.05) is 18.2 Å². The summed E-state index contributed by atoms with van der Waals surface area (Å²) in [6.45, 7) is 5.77. The Labute approximate surface area is 141 Å². The molecule has 0 amide bonds. The maximum absolute atomic E-state index is 12.0. The van der Waals surface area contributed by atoms with E-state index in [1.807, 2.05) is 45.0 Å². The number of carbonyl (C=O) groups excluding carboxylic acids is 1. The molecule has 0 fully saturated rings. The molecule has 24 heavy (non-hydrogen) atoms. The Hall–Kier alpha value is -2.95. The Morgan fingerprint density at radius 3 is 2.54 bits per heavy atom. The van der Waals surface area contributed by atoms with Gasteiger partial charge in [0.2, 0.25) is 0 Å². The largest absolute Gasteiger partial charge is 0.506 e. The van der Waals surface area contributed by atoms with E-state index in [2.05, 4.69) is 9.98 Å². The zero-order valence-electron chi connectivity index (χ0n) is 14.2. The summed E-state index contributed by atoms with van der Waals surface area (Å²) in [5.74, 6) is -0.396. The minimum atomic E-state index is -0.665. The van der Waals surface area contributed by atoms with Crippen LogP contribution in [-0.4, -0.2) is 29.4 Å². The molecule has 1 heterocycles. The SMILES string of the molecule is COC(=O)C(/C=N/c1cccc(C)n1)=C(\O)c1ccc(C)c(C)c1. The molecular formula is C19H20N2O3. The van der Waals surface area contributed by atoms with Crippen molar-refractivity contribution in [1.29, 1.82) is 0 Å². The Morgan fingerprint density at radius 1 is 1.17 bits per heavy atom. The van der Waals surface area contributed by atoms with Gasteiger partial charge in [0.05, 0.1) is 7.11 Å². The number of esters is 1. The summed E-state index contributed by atoms with van der Waals surface area (Å²) in [5.41, 5.74) is 3.43. The van der Waals surface area contributed by atoms with Crippen molar-refractivity contribution in [3.8, 4) is 0 Å². The number of aliphatic hydroxyl groups excluding tert-OH is 1. The number of nitrogens with zero attached hydrogens (tertiary/aromatic N) is 2. The van der Waals surface area contributed by atoms with Gasteiger partial charge in [0.15, 0.2) is 5.82 Å². The van der Waals surface area contributed by atoms with Crippen LogP contribution in [0.3, 0.4) is 0 Å². The molecule has 0 unspecified atom stereocenters. The lowest BCUT2D eigenvalue weighted by Crippen LogP contribution is -2.09. The lowest BCUT2D eigenvalue weighted by Gasteiger charge is -2.08. The van der Waals surface area contributed by atoms with Crippen LogP contribution < -0.4 is 0 Å². The van der Waals surface area contributed by atoms with Crippen LogP contribution in [0.2, 0.25) is 0 Å². The Bertz CT molecular complexity index is 823. The summed E-state index contributed by atoms with van der Waals surface area (Å²) in [6, 6.07) is 10.8. The normalized spacial score (nSPS) is 12.2. The Morgan fingerprint density at radius 2 is 1.92 bits per heavy atom. The number of aliphatic imine (C=N–C) groups is 1. The lowest BCUT2D eigenvalue weighted by molar-refractivity contribution is -0.135. The van der Waals surface area contributed by atoms with E-state index < -0.39 is 5.97 Å². The van der Waals surface area contributed by atoms with E-state index in [4.69, 9.17) is 4.74 Å². The highest BCUT2D eigenvalue weighted by atomic mass is 16.5. The van der Waals surface area contributed by atoms with Gasteiger partial charge >= 0.3 is 5.97 Å². The summed E-state index contributed by atoms with van der Waals surface area (Å²) in [7, 11) is 1.26. The van der Waals surface area contributed by atoms with E-state index in [1.165, 1.54) is 13.3 Å². The standard InChI is InChI=1S/C19H20N2O3/c1-12-8-9-15(10-13(12)2)18(22)16(19(23)24-4)11-20-17-7-5-6-14(3)21-17/h5-11,22H,1-4H3/b18-16-,20-11+. The molecule has 0 radical (unpaired) electrons. The molecule has 0 saturated carbocycles. The molecule has 0 aliphatic carbocycles. The van der Waals surface area contributed by atoms with Crippen molar-refractivity contribution in [1.82, 2.24) is 4.98 Å². The van der Waals surface area contributed by atoms with Gasteiger partial charge in [0, 0.05) is 17.5 Å². The van der Waals surface area contributed by atoms with Crippen molar-refractivity contribution in [2.45, 2.75) is 20.8 Å². The molecule has 0 aliphatic heterocycles. The second-order valence-corrected chi connectivity index (χ2v) is 5.45. The third-order valence-electron chi connectivity index (χ3n) is 3.64. The number of aliphatic hydroxyl groups is 1. The molecule has 2 aromatic rings. The number of rotatable bonds is 4. The first-order valence-electron chi connectivity index (χ1n) is 7.49. The molecule has 1 aromatic carbocycles. The van der Waals surface area contributed by atoms with Gasteiger partial charge in [-0.05, 0) is 50.1 Å². The van der Waals surface area contributed by atoms with Crippen LogP contribution in [0, 0.1) is 20.8 Å². The first-order valence-corrected chi connectivity index (χ1v) is 7.49. The average molecular weight is 324 g/mol. The molecule has 0 bridgehead atoms. The second kappa shape index (κ2) is 7.55. The smallest absolute Gasteiger partial charge is 0.343 e. The molecule has 2 rings (SSSR count). The molecule has 1 aromatic heterocycles. The van der Waals surface area contributed by atoms with Crippen LogP contribution in [0.5, 0.6) is 0 Å². The number of aromatic nitrogens is 1. The summed E-state index contributed by atoms with van der Waals surface area (Å²) < 4.78 is 4.75. The second-order valence-electron chi connectivity index (χ2n) is 5.45. The number of pyridine rings is 1. The monoisotopic (exact) mass is 324 g/mol. The highest BCUT2D eigenvalue weighted by molar-refractivity contribution is 6.15. The molecule has 0 atom stereocenters. The van der Waals surface area contributed by atoms with Gasteiger partial charge in [-0.25, -0.2) is 14.8 Å². The number of benzene rings is 1. The predicted molar refractivity (Wildman–Crippen MR) is 94.6 cm³/mol. The molecule has 124 valence electrons. The maximum atomic E-state index is 12.0. The maximum Gasteiger partial charge on any atom is 0.343 e. The average Bonchev–Trinajstić information content (AvgIpc) is 2.57. The Kier molecular flexibility index (Phi) is 5.47. The summed E-state index contributed by atoms with van der Waals surface area (Å²) in [6.07, 6.45) is 1.28. The summed E-state index contributed by atoms with van der Waals surface area (Å²) >= 11 is 0.